The summed E-state index contributed by atoms with van der Waals surface area (Å²) in [6, 6.07) is 0. The minimum absolute atomic E-state index is 0.326. The molecule has 0 aromatic carbocycles. The van der Waals surface area contributed by atoms with E-state index >= 15 is 0 Å². The molecule has 1 aliphatic carbocycles. The third-order valence-corrected chi connectivity index (χ3v) is 4.53. The Bertz CT molecular complexity index is 465. The van der Waals surface area contributed by atoms with E-state index in [0.717, 1.165) is 42.3 Å². The van der Waals surface area contributed by atoms with Crippen LogP contribution in [0.5, 0.6) is 0 Å². The first kappa shape index (κ1) is 15.2. The molecule has 0 amide bonds. The minimum Gasteiger partial charge on any atom is -0.383 e. The van der Waals surface area contributed by atoms with Crippen molar-refractivity contribution in [1.82, 2.24) is 9.97 Å². The molecule has 1 aliphatic rings. The molecule has 2 N–H and O–H groups in total. The summed E-state index contributed by atoms with van der Waals surface area (Å²) in [5.74, 6) is 2.16. The Labute approximate surface area is 122 Å². The van der Waals surface area contributed by atoms with Crippen LogP contribution in [0.3, 0.4) is 0 Å². The number of nitrogen functional groups attached to an aromatic ring is 1. The Morgan fingerprint density at radius 1 is 1.25 bits per heavy atom. The van der Waals surface area contributed by atoms with Crippen LogP contribution < -0.4 is 5.73 Å². The van der Waals surface area contributed by atoms with Crippen LogP contribution in [-0.4, -0.2) is 16.6 Å². The molecule has 4 heteroatoms. The molecule has 4 nitrogen and oxygen atoms in total. The van der Waals surface area contributed by atoms with Crippen molar-refractivity contribution in [3.05, 3.63) is 17.1 Å². The number of rotatable bonds is 4. The zero-order valence-corrected chi connectivity index (χ0v) is 13.2. The molecule has 1 aromatic rings. The van der Waals surface area contributed by atoms with E-state index in [4.69, 9.17) is 15.5 Å². The molecule has 1 fully saturated rings. The Morgan fingerprint density at radius 2 is 1.90 bits per heavy atom. The molecule has 0 unspecified atom stereocenters. The van der Waals surface area contributed by atoms with E-state index < -0.39 is 0 Å². The van der Waals surface area contributed by atoms with Crippen molar-refractivity contribution >= 4 is 5.82 Å². The normalized spacial score (nSPS) is 26.7. The van der Waals surface area contributed by atoms with Gasteiger partial charge in [-0.05, 0) is 51.9 Å². The van der Waals surface area contributed by atoms with Crippen LogP contribution in [0, 0.1) is 12.8 Å². The fourth-order valence-corrected chi connectivity index (χ4v) is 3.07. The maximum atomic E-state index is 6.12. The van der Waals surface area contributed by atoms with Crippen molar-refractivity contribution < 1.29 is 4.74 Å². The smallest absolute Gasteiger partial charge is 0.162 e. The van der Waals surface area contributed by atoms with Crippen LogP contribution in [0.2, 0.25) is 0 Å². The van der Waals surface area contributed by atoms with Gasteiger partial charge in [0, 0.05) is 17.9 Å². The van der Waals surface area contributed by atoms with E-state index in [1.807, 2.05) is 13.8 Å². The highest BCUT2D eigenvalue weighted by atomic mass is 16.5. The van der Waals surface area contributed by atoms with Crippen molar-refractivity contribution in [3.8, 4) is 0 Å². The van der Waals surface area contributed by atoms with Gasteiger partial charge in [-0.15, -0.1) is 0 Å². The summed E-state index contributed by atoms with van der Waals surface area (Å²) in [7, 11) is 0. The number of aryl methyl sites for hydroxylation is 1. The second kappa shape index (κ2) is 6.08. The SMILES string of the molecule is CCOC1(c2nc(N)c(C)c(CC)n2)CCC(C)CC1. The van der Waals surface area contributed by atoms with Crippen molar-refractivity contribution in [1.29, 1.82) is 0 Å². The minimum atomic E-state index is -0.326. The second-order valence-corrected chi connectivity index (χ2v) is 5.97. The van der Waals surface area contributed by atoms with Gasteiger partial charge < -0.3 is 10.5 Å². The monoisotopic (exact) mass is 277 g/mol. The standard InChI is InChI=1S/C16H27N3O/c1-5-13-12(4)14(17)19-15(18-13)16(20-6-2)9-7-11(3)8-10-16/h11H,5-10H2,1-4H3,(H2,17,18,19). The lowest BCUT2D eigenvalue weighted by Gasteiger charge is -2.38. The lowest BCUT2D eigenvalue weighted by Crippen LogP contribution is -2.37. The number of ether oxygens (including phenoxy) is 1. The maximum absolute atomic E-state index is 6.12. The van der Waals surface area contributed by atoms with E-state index in [-0.39, 0.29) is 5.60 Å². The molecule has 0 saturated heterocycles. The van der Waals surface area contributed by atoms with Crippen molar-refractivity contribution in [3.63, 3.8) is 0 Å². The molecule has 0 atom stereocenters. The molecule has 1 heterocycles. The van der Waals surface area contributed by atoms with Crippen molar-refractivity contribution in [2.75, 3.05) is 12.3 Å². The average molecular weight is 277 g/mol. The fraction of sp³-hybridized carbons (Fsp3) is 0.750. The highest BCUT2D eigenvalue weighted by molar-refractivity contribution is 5.41. The van der Waals surface area contributed by atoms with E-state index in [9.17, 15) is 0 Å². The molecule has 0 aliphatic heterocycles. The van der Waals surface area contributed by atoms with Crippen LogP contribution in [-0.2, 0) is 16.8 Å². The molecular formula is C16H27N3O. The molecular weight excluding hydrogens is 250 g/mol. The highest BCUT2D eigenvalue weighted by Crippen LogP contribution is 2.41. The van der Waals surface area contributed by atoms with E-state index in [1.165, 1.54) is 12.8 Å². The summed E-state index contributed by atoms with van der Waals surface area (Å²) >= 11 is 0. The average Bonchev–Trinajstić information content (AvgIpc) is 2.44. The summed E-state index contributed by atoms with van der Waals surface area (Å²) in [6.45, 7) is 9.13. The van der Waals surface area contributed by atoms with E-state index in [2.05, 4.69) is 18.8 Å². The number of hydrogen-bond donors (Lipinski definition) is 1. The van der Waals surface area contributed by atoms with Gasteiger partial charge in [0.2, 0.25) is 0 Å². The molecule has 1 saturated carbocycles. The van der Waals surface area contributed by atoms with Gasteiger partial charge in [0.15, 0.2) is 5.82 Å². The third-order valence-electron chi connectivity index (χ3n) is 4.53. The first-order chi connectivity index (χ1) is 9.52. The zero-order valence-electron chi connectivity index (χ0n) is 13.2. The van der Waals surface area contributed by atoms with Gasteiger partial charge in [-0.1, -0.05) is 13.8 Å². The highest BCUT2D eigenvalue weighted by Gasteiger charge is 2.39. The first-order valence-corrected chi connectivity index (χ1v) is 7.79. The third kappa shape index (κ3) is 2.80. The van der Waals surface area contributed by atoms with Gasteiger partial charge in [-0.2, -0.15) is 0 Å². The van der Waals surface area contributed by atoms with Crippen LogP contribution in [0.1, 0.15) is 63.5 Å². The largest absolute Gasteiger partial charge is 0.383 e. The molecule has 2 rings (SSSR count). The molecule has 0 bridgehead atoms. The van der Waals surface area contributed by atoms with Gasteiger partial charge in [0.25, 0.3) is 0 Å². The van der Waals surface area contributed by atoms with Gasteiger partial charge in [-0.25, -0.2) is 9.97 Å². The Kier molecular flexibility index (Phi) is 4.63. The van der Waals surface area contributed by atoms with Crippen molar-refractivity contribution in [2.24, 2.45) is 5.92 Å². The fourth-order valence-electron chi connectivity index (χ4n) is 3.07. The molecule has 20 heavy (non-hydrogen) atoms. The van der Waals surface area contributed by atoms with Crippen LogP contribution in [0.15, 0.2) is 0 Å². The van der Waals surface area contributed by atoms with Crippen molar-refractivity contribution in [2.45, 2.75) is 65.4 Å². The Morgan fingerprint density at radius 3 is 2.45 bits per heavy atom. The number of hydrogen-bond acceptors (Lipinski definition) is 4. The zero-order chi connectivity index (χ0) is 14.8. The summed E-state index contributed by atoms with van der Waals surface area (Å²) in [5, 5.41) is 0. The number of nitrogens with two attached hydrogens (primary N) is 1. The lowest BCUT2D eigenvalue weighted by molar-refractivity contribution is -0.0837. The second-order valence-electron chi connectivity index (χ2n) is 5.97. The van der Waals surface area contributed by atoms with Crippen LogP contribution in [0.25, 0.3) is 0 Å². The summed E-state index contributed by atoms with van der Waals surface area (Å²) < 4.78 is 6.12. The first-order valence-electron chi connectivity index (χ1n) is 7.79. The Balaban J connectivity index is 2.41. The number of aromatic nitrogens is 2. The number of nitrogens with zero attached hydrogens (tertiary/aromatic N) is 2. The Hall–Kier alpha value is -1.16. The molecule has 112 valence electrons. The van der Waals surface area contributed by atoms with E-state index in [0.29, 0.717) is 12.4 Å². The molecule has 1 aromatic heterocycles. The van der Waals surface area contributed by atoms with Gasteiger partial charge in [0.1, 0.15) is 11.4 Å². The predicted molar refractivity (Wildman–Crippen MR) is 81.5 cm³/mol. The number of anilines is 1. The summed E-state index contributed by atoms with van der Waals surface area (Å²) in [6.07, 6.45) is 5.20. The van der Waals surface area contributed by atoms with Crippen LogP contribution in [0.4, 0.5) is 5.82 Å². The molecule has 0 spiro atoms. The van der Waals surface area contributed by atoms with Gasteiger partial charge in [-0.3, -0.25) is 0 Å². The van der Waals surface area contributed by atoms with Crippen LogP contribution >= 0.6 is 0 Å². The molecule has 0 radical (unpaired) electrons. The van der Waals surface area contributed by atoms with E-state index in [1.54, 1.807) is 0 Å². The summed E-state index contributed by atoms with van der Waals surface area (Å²) in [5.41, 5.74) is 7.81. The maximum Gasteiger partial charge on any atom is 0.162 e. The summed E-state index contributed by atoms with van der Waals surface area (Å²) in [4.78, 5) is 9.34. The lowest BCUT2D eigenvalue weighted by atomic mass is 9.78. The van der Waals surface area contributed by atoms with Gasteiger partial charge in [0.05, 0.1) is 0 Å². The topological polar surface area (TPSA) is 61.0 Å². The quantitative estimate of drug-likeness (QED) is 0.916. The predicted octanol–water partition coefficient (Wildman–Crippen LogP) is 3.37. The van der Waals surface area contributed by atoms with Gasteiger partial charge >= 0.3 is 0 Å².